The van der Waals surface area contributed by atoms with Crippen molar-refractivity contribution < 1.29 is 4.79 Å². The summed E-state index contributed by atoms with van der Waals surface area (Å²) in [7, 11) is 0. The van der Waals surface area contributed by atoms with E-state index in [-0.39, 0.29) is 16.1 Å². The van der Waals surface area contributed by atoms with Crippen LogP contribution in [0.2, 0.25) is 0 Å². The van der Waals surface area contributed by atoms with Gasteiger partial charge in [-0.25, -0.2) is 0 Å². The van der Waals surface area contributed by atoms with E-state index in [9.17, 15) is 4.79 Å². The second kappa shape index (κ2) is 3.86. The van der Waals surface area contributed by atoms with Crippen molar-refractivity contribution in [3.63, 3.8) is 0 Å². The van der Waals surface area contributed by atoms with Crippen LogP contribution in [0.15, 0.2) is 35.2 Å². The number of hydrogen-bond acceptors (Lipinski definition) is 2. The molecule has 0 saturated heterocycles. The molecule has 3 rings (SSSR count). The second-order valence-electron chi connectivity index (χ2n) is 6.41. The van der Waals surface area contributed by atoms with Crippen molar-refractivity contribution in [1.29, 1.82) is 0 Å². The fourth-order valence-electron chi connectivity index (χ4n) is 3.78. The molecule has 2 bridgehead atoms. The van der Waals surface area contributed by atoms with E-state index in [0.29, 0.717) is 11.7 Å². The highest BCUT2D eigenvalue weighted by atomic mass is 32.2. The fraction of sp³-hybridized carbons (Fsp3) is 0.562. The van der Waals surface area contributed by atoms with Crippen molar-refractivity contribution in [2.75, 3.05) is 0 Å². The van der Waals surface area contributed by atoms with E-state index < -0.39 is 0 Å². The number of carbonyl (C=O) groups is 1. The van der Waals surface area contributed by atoms with E-state index in [2.05, 4.69) is 32.9 Å². The lowest BCUT2D eigenvalue weighted by Crippen LogP contribution is -2.34. The van der Waals surface area contributed by atoms with Gasteiger partial charge in [0.05, 0.1) is 5.25 Å². The molecule has 0 radical (unpaired) electrons. The summed E-state index contributed by atoms with van der Waals surface area (Å²) in [5.41, 5.74) is 0.0701. The number of Topliss-reactive ketones (excluding diaryl/α,β-unsaturated/α-hetero) is 1. The Balaban J connectivity index is 1.90. The highest BCUT2D eigenvalue weighted by Crippen LogP contribution is 2.66. The van der Waals surface area contributed by atoms with Crippen molar-refractivity contribution in [2.24, 2.45) is 16.7 Å². The van der Waals surface area contributed by atoms with E-state index in [0.717, 1.165) is 6.42 Å². The van der Waals surface area contributed by atoms with Gasteiger partial charge in [0.2, 0.25) is 0 Å². The molecule has 0 unspecified atom stereocenters. The maximum Gasteiger partial charge on any atom is 0.152 e. The zero-order chi connectivity index (χ0) is 13.0. The number of carbonyl (C=O) groups excluding carboxylic acids is 1. The van der Waals surface area contributed by atoms with Gasteiger partial charge in [0, 0.05) is 10.3 Å². The lowest BCUT2D eigenvalue weighted by atomic mass is 9.70. The quantitative estimate of drug-likeness (QED) is 0.793. The largest absolute Gasteiger partial charge is 0.298 e. The molecule has 2 saturated carbocycles. The number of thioether (sulfide) groups is 1. The summed E-state index contributed by atoms with van der Waals surface area (Å²) in [5, 5.41) is 0.168. The molecule has 0 N–H and O–H groups in total. The molecule has 3 atom stereocenters. The third-order valence-corrected chi connectivity index (χ3v) is 6.82. The van der Waals surface area contributed by atoms with Crippen molar-refractivity contribution >= 4 is 17.5 Å². The van der Waals surface area contributed by atoms with Gasteiger partial charge >= 0.3 is 0 Å². The maximum absolute atomic E-state index is 12.7. The zero-order valence-corrected chi connectivity index (χ0v) is 12.1. The number of rotatable bonds is 2. The standard InChI is InChI=1S/C16H20OS/c1-15(2)12-9-10-16(15,3)14(17)13(12)18-11-7-5-4-6-8-11/h4-8,12-13H,9-10H2,1-3H3/t12-,13+,16+/m0/s1. The van der Waals surface area contributed by atoms with Gasteiger partial charge in [0.1, 0.15) is 0 Å². The van der Waals surface area contributed by atoms with Gasteiger partial charge in [-0.3, -0.25) is 4.79 Å². The molecule has 2 aliphatic carbocycles. The Morgan fingerprint density at radius 1 is 1.17 bits per heavy atom. The Morgan fingerprint density at radius 3 is 2.39 bits per heavy atom. The summed E-state index contributed by atoms with van der Waals surface area (Å²) in [6, 6.07) is 10.3. The van der Waals surface area contributed by atoms with Gasteiger partial charge in [-0.1, -0.05) is 39.0 Å². The first-order valence-corrected chi connectivity index (χ1v) is 7.61. The molecule has 18 heavy (non-hydrogen) atoms. The van der Waals surface area contributed by atoms with E-state index in [1.165, 1.54) is 11.3 Å². The van der Waals surface area contributed by atoms with Crippen molar-refractivity contribution in [1.82, 2.24) is 0 Å². The molecule has 2 fully saturated rings. The van der Waals surface area contributed by atoms with Crippen LogP contribution < -0.4 is 0 Å². The number of ketones is 1. The van der Waals surface area contributed by atoms with Crippen LogP contribution in [-0.2, 0) is 4.79 Å². The van der Waals surface area contributed by atoms with Crippen LogP contribution in [0.4, 0.5) is 0 Å². The Bertz CT molecular complexity index is 479. The molecule has 0 spiro atoms. The van der Waals surface area contributed by atoms with Gasteiger partial charge in [0.25, 0.3) is 0 Å². The molecule has 1 aromatic rings. The van der Waals surface area contributed by atoms with Crippen LogP contribution in [0.3, 0.4) is 0 Å². The SMILES string of the molecule is CC1(C)[C@H]2CC[C@]1(C)C(=O)[C@@H]2Sc1ccccc1. The van der Waals surface area contributed by atoms with Crippen molar-refractivity contribution in [3.8, 4) is 0 Å². The van der Waals surface area contributed by atoms with Crippen molar-refractivity contribution in [3.05, 3.63) is 30.3 Å². The average molecular weight is 260 g/mol. The predicted octanol–water partition coefficient (Wildman–Crippen LogP) is 4.17. The van der Waals surface area contributed by atoms with Gasteiger partial charge < -0.3 is 0 Å². The molecule has 2 aliphatic rings. The van der Waals surface area contributed by atoms with Crippen LogP contribution in [0.1, 0.15) is 33.6 Å². The van der Waals surface area contributed by atoms with Crippen LogP contribution in [-0.4, -0.2) is 11.0 Å². The third kappa shape index (κ3) is 1.45. The molecule has 96 valence electrons. The number of hydrogen-bond donors (Lipinski definition) is 0. The Morgan fingerprint density at radius 2 is 1.83 bits per heavy atom. The summed E-state index contributed by atoms with van der Waals surface area (Å²) < 4.78 is 0. The summed E-state index contributed by atoms with van der Waals surface area (Å²) in [4.78, 5) is 13.9. The normalized spacial score (nSPS) is 37.2. The maximum atomic E-state index is 12.7. The Kier molecular flexibility index (Phi) is 2.64. The minimum atomic E-state index is -0.0931. The molecule has 0 amide bonds. The van der Waals surface area contributed by atoms with Gasteiger partial charge in [-0.15, -0.1) is 11.8 Å². The summed E-state index contributed by atoms with van der Waals surface area (Å²) >= 11 is 1.77. The van der Waals surface area contributed by atoms with E-state index in [1.807, 2.05) is 18.2 Å². The third-order valence-electron chi connectivity index (χ3n) is 5.48. The molecule has 0 heterocycles. The first-order valence-electron chi connectivity index (χ1n) is 6.73. The predicted molar refractivity (Wildman–Crippen MR) is 75.7 cm³/mol. The first kappa shape index (κ1) is 12.3. The van der Waals surface area contributed by atoms with E-state index in [4.69, 9.17) is 0 Å². The smallest absolute Gasteiger partial charge is 0.152 e. The lowest BCUT2D eigenvalue weighted by Gasteiger charge is -2.32. The van der Waals surface area contributed by atoms with Crippen LogP contribution in [0.25, 0.3) is 0 Å². The molecule has 1 nitrogen and oxygen atoms in total. The minimum absolute atomic E-state index is 0.0931. The Labute approximate surface area is 113 Å². The molecule has 0 aliphatic heterocycles. The minimum Gasteiger partial charge on any atom is -0.298 e. The zero-order valence-electron chi connectivity index (χ0n) is 11.3. The van der Waals surface area contributed by atoms with Gasteiger partial charge in [0.15, 0.2) is 5.78 Å². The Hall–Kier alpha value is -0.760. The summed E-state index contributed by atoms with van der Waals surface area (Å²) in [6.07, 6.45) is 2.29. The van der Waals surface area contributed by atoms with E-state index in [1.54, 1.807) is 11.8 Å². The molecule has 2 heteroatoms. The summed E-state index contributed by atoms with van der Waals surface area (Å²) in [6.45, 7) is 6.75. The molecular formula is C16H20OS. The monoisotopic (exact) mass is 260 g/mol. The van der Waals surface area contributed by atoms with Crippen LogP contribution >= 0.6 is 11.8 Å². The second-order valence-corrected chi connectivity index (χ2v) is 7.63. The lowest BCUT2D eigenvalue weighted by molar-refractivity contribution is -0.127. The number of fused-ring (bicyclic) bond motifs is 2. The highest BCUT2D eigenvalue weighted by molar-refractivity contribution is 8.00. The van der Waals surface area contributed by atoms with Crippen molar-refractivity contribution in [2.45, 2.75) is 43.8 Å². The highest BCUT2D eigenvalue weighted by Gasteiger charge is 2.66. The van der Waals surface area contributed by atoms with E-state index >= 15 is 0 Å². The number of benzene rings is 1. The molecular weight excluding hydrogens is 240 g/mol. The molecule has 0 aromatic heterocycles. The van der Waals surface area contributed by atoms with Crippen LogP contribution in [0.5, 0.6) is 0 Å². The molecule has 1 aromatic carbocycles. The average Bonchev–Trinajstić information content (AvgIpc) is 2.65. The van der Waals surface area contributed by atoms with Gasteiger partial charge in [-0.05, 0) is 36.3 Å². The van der Waals surface area contributed by atoms with Crippen LogP contribution in [0, 0.1) is 16.7 Å². The topological polar surface area (TPSA) is 17.1 Å². The summed E-state index contributed by atoms with van der Waals surface area (Å²) in [5.74, 6) is 1.03. The fourth-order valence-corrected chi connectivity index (χ4v) is 5.40. The van der Waals surface area contributed by atoms with Gasteiger partial charge in [-0.2, -0.15) is 0 Å². The first-order chi connectivity index (χ1) is 8.47.